The van der Waals surface area contributed by atoms with Crippen LogP contribution in [0.4, 0.5) is 16.2 Å². The third kappa shape index (κ3) is 5.24. The summed E-state index contributed by atoms with van der Waals surface area (Å²) in [5.74, 6) is -0.442. The van der Waals surface area contributed by atoms with Crippen LogP contribution in [0.2, 0.25) is 0 Å². The Kier molecular flexibility index (Phi) is 6.39. The fourth-order valence-electron chi connectivity index (χ4n) is 2.31. The van der Waals surface area contributed by atoms with Crippen LogP contribution in [0.3, 0.4) is 0 Å². The van der Waals surface area contributed by atoms with E-state index in [2.05, 4.69) is 20.3 Å². The number of hydrogen-bond acceptors (Lipinski definition) is 4. The number of anilines is 2. The van der Waals surface area contributed by atoms with Gasteiger partial charge >= 0.3 is 12.0 Å². The zero-order valence-electron chi connectivity index (χ0n) is 14.7. The molecule has 6 nitrogen and oxygen atoms in total. The highest BCUT2D eigenvalue weighted by atomic mass is 16.5. The normalized spacial score (nSPS) is 11.3. The van der Waals surface area contributed by atoms with E-state index in [1.807, 2.05) is 44.3 Å². The van der Waals surface area contributed by atoms with Crippen molar-refractivity contribution in [2.24, 2.45) is 0 Å². The minimum atomic E-state index is -0.442. The quantitative estimate of drug-likeness (QED) is 0.792. The van der Waals surface area contributed by atoms with Crippen LogP contribution in [0.15, 0.2) is 54.6 Å². The second-order valence-corrected chi connectivity index (χ2v) is 5.70. The smallest absolute Gasteiger partial charge is 0.337 e. The van der Waals surface area contributed by atoms with Crippen LogP contribution >= 0.6 is 0 Å². The zero-order valence-corrected chi connectivity index (χ0v) is 14.7. The Morgan fingerprint density at radius 1 is 1.12 bits per heavy atom. The molecule has 2 aromatic carbocycles. The van der Waals surface area contributed by atoms with Gasteiger partial charge < -0.3 is 20.3 Å². The van der Waals surface area contributed by atoms with Crippen LogP contribution in [0.5, 0.6) is 0 Å². The summed E-state index contributed by atoms with van der Waals surface area (Å²) in [6.07, 6.45) is 0. The van der Waals surface area contributed by atoms with Crippen LogP contribution < -0.4 is 15.5 Å². The maximum Gasteiger partial charge on any atom is 0.337 e. The number of ether oxygens (including phenoxy) is 1. The van der Waals surface area contributed by atoms with Gasteiger partial charge in [0.15, 0.2) is 0 Å². The molecule has 1 atom stereocenters. The van der Waals surface area contributed by atoms with Gasteiger partial charge in [-0.1, -0.05) is 24.3 Å². The van der Waals surface area contributed by atoms with Crippen molar-refractivity contribution >= 4 is 23.4 Å². The molecule has 6 heteroatoms. The lowest BCUT2D eigenvalue weighted by molar-refractivity contribution is 0.0600. The molecule has 1 unspecified atom stereocenters. The third-order valence-electron chi connectivity index (χ3n) is 3.92. The number of nitrogens with one attached hydrogen (secondary N) is 2. The molecule has 0 saturated carbocycles. The molecule has 2 rings (SSSR count). The number of amides is 2. The Balaban J connectivity index is 1.87. The SMILES string of the molecule is COC(=O)c1cccc(NC(=O)NCC(C)N(C)c2ccccc2)c1. The molecule has 0 aliphatic rings. The van der Waals surface area contributed by atoms with Gasteiger partial charge in [-0.05, 0) is 37.3 Å². The number of para-hydroxylation sites is 1. The molecule has 0 spiro atoms. The summed E-state index contributed by atoms with van der Waals surface area (Å²) in [6.45, 7) is 2.51. The van der Waals surface area contributed by atoms with Gasteiger partial charge in [-0.3, -0.25) is 0 Å². The number of urea groups is 1. The molecule has 0 bridgehead atoms. The van der Waals surface area contributed by atoms with Gasteiger partial charge in [0.25, 0.3) is 0 Å². The standard InChI is InChI=1S/C19H23N3O3/c1-14(22(2)17-10-5-4-6-11-17)13-20-19(24)21-16-9-7-8-15(12-16)18(23)25-3/h4-12,14H,13H2,1-3H3,(H2,20,21,24). The molecular formula is C19H23N3O3. The van der Waals surface area contributed by atoms with Gasteiger partial charge in [-0.25, -0.2) is 9.59 Å². The highest BCUT2D eigenvalue weighted by molar-refractivity contribution is 5.93. The number of esters is 1. The lowest BCUT2D eigenvalue weighted by Crippen LogP contribution is -2.41. The van der Waals surface area contributed by atoms with Crippen molar-refractivity contribution in [1.82, 2.24) is 5.32 Å². The van der Waals surface area contributed by atoms with E-state index in [-0.39, 0.29) is 12.1 Å². The largest absolute Gasteiger partial charge is 0.465 e. The highest BCUT2D eigenvalue weighted by Crippen LogP contribution is 2.14. The van der Waals surface area contributed by atoms with Gasteiger partial charge in [-0.15, -0.1) is 0 Å². The first-order chi connectivity index (χ1) is 12.0. The maximum absolute atomic E-state index is 12.1. The van der Waals surface area contributed by atoms with E-state index < -0.39 is 5.97 Å². The first-order valence-electron chi connectivity index (χ1n) is 8.02. The molecule has 0 aliphatic heterocycles. The van der Waals surface area contributed by atoms with E-state index >= 15 is 0 Å². The molecule has 2 N–H and O–H groups in total. The topological polar surface area (TPSA) is 70.7 Å². The highest BCUT2D eigenvalue weighted by Gasteiger charge is 2.12. The van der Waals surface area contributed by atoms with Gasteiger partial charge in [0, 0.05) is 31.0 Å². The molecule has 0 heterocycles. The Hall–Kier alpha value is -3.02. The Labute approximate surface area is 147 Å². The average Bonchev–Trinajstić information content (AvgIpc) is 2.65. The molecule has 132 valence electrons. The molecule has 0 radical (unpaired) electrons. The van der Waals surface area contributed by atoms with Crippen molar-refractivity contribution in [3.63, 3.8) is 0 Å². The first-order valence-corrected chi connectivity index (χ1v) is 8.02. The number of rotatable bonds is 6. The molecular weight excluding hydrogens is 318 g/mol. The average molecular weight is 341 g/mol. The summed E-state index contributed by atoms with van der Waals surface area (Å²) in [7, 11) is 3.30. The monoisotopic (exact) mass is 341 g/mol. The van der Waals surface area contributed by atoms with E-state index in [4.69, 9.17) is 0 Å². The van der Waals surface area contributed by atoms with Crippen molar-refractivity contribution in [3.05, 3.63) is 60.2 Å². The van der Waals surface area contributed by atoms with E-state index in [0.29, 0.717) is 17.8 Å². The molecule has 25 heavy (non-hydrogen) atoms. The summed E-state index contributed by atoms with van der Waals surface area (Å²) in [4.78, 5) is 25.7. The number of carbonyl (C=O) groups is 2. The number of carbonyl (C=O) groups excluding carboxylic acids is 2. The van der Waals surface area contributed by atoms with E-state index in [0.717, 1.165) is 5.69 Å². The van der Waals surface area contributed by atoms with Crippen molar-refractivity contribution in [1.29, 1.82) is 0 Å². The van der Waals surface area contributed by atoms with E-state index in [1.165, 1.54) is 7.11 Å². The van der Waals surface area contributed by atoms with Gasteiger partial charge in [0.2, 0.25) is 0 Å². The first kappa shape index (κ1) is 18.3. The van der Waals surface area contributed by atoms with Gasteiger partial charge in [0.05, 0.1) is 12.7 Å². The number of hydrogen-bond donors (Lipinski definition) is 2. The predicted molar refractivity (Wildman–Crippen MR) is 99.1 cm³/mol. The van der Waals surface area contributed by atoms with Gasteiger partial charge in [0.1, 0.15) is 0 Å². The Morgan fingerprint density at radius 2 is 1.84 bits per heavy atom. The summed E-state index contributed by atoms with van der Waals surface area (Å²) in [5.41, 5.74) is 2.00. The van der Waals surface area contributed by atoms with E-state index in [9.17, 15) is 9.59 Å². The summed E-state index contributed by atoms with van der Waals surface area (Å²) < 4.78 is 4.67. The minimum Gasteiger partial charge on any atom is -0.465 e. The molecule has 0 aromatic heterocycles. The fraction of sp³-hybridized carbons (Fsp3) is 0.263. The molecule has 0 saturated heterocycles. The summed E-state index contributed by atoms with van der Waals surface area (Å²) in [6, 6.07) is 16.4. The number of benzene rings is 2. The second kappa shape index (κ2) is 8.73. The van der Waals surface area contributed by atoms with Crippen LogP contribution in [0.25, 0.3) is 0 Å². The molecule has 0 aliphatic carbocycles. The maximum atomic E-state index is 12.1. The number of nitrogens with zero attached hydrogens (tertiary/aromatic N) is 1. The molecule has 0 fully saturated rings. The molecule has 2 aromatic rings. The third-order valence-corrected chi connectivity index (χ3v) is 3.92. The van der Waals surface area contributed by atoms with E-state index in [1.54, 1.807) is 24.3 Å². The van der Waals surface area contributed by atoms with Crippen LogP contribution in [0.1, 0.15) is 17.3 Å². The van der Waals surface area contributed by atoms with Crippen molar-refractivity contribution in [3.8, 4) is 0 Å². The summed E-state index contributed by atoms with van der Waals surface area (Å²) >= 11 is 0. The summed E-state index contributed by atoms with van der Waals surface area (Å²) in [5, 5.41) is 5.56. The minimum absolute atomic E-state index is 0.120. The molecule has 2 amide bonds. The predicted octanol–water partition coefficient (Wildman–Crippen LogP) is 3.12. The Bertz CT molecular complexity index is 719. The Morgan fingerprint density at radius 3 is 2.52 bits per heavy atom. The zero-order chi connectivity index (χ0) is 18.2. The van der Waals surface area contributed by atoms with Crippen molar-refractivity contribution < 1.29 is 14.3 Å². The van der Waals surface area contributed by atoms with Gasteiger partial charge in [-0.2, -0.15) is 0 Å². The lowest BCUT2D eigenvalue weighted by atomic mass is 10.2. The second-order valence-electron chi connectivity index (χ2n) is 5.70. The van der Waals surface area contributed by atoms with Crippen molar-refractivity contribution in [2.45, 2.75) is 13.0 Å². The van der Waals surface area contributed by atoms with Crippen LogP contribution in [0, 0.1) is 0 Å². The van der Waals surface area contributed by atoms with Crippen molar-refractivity contribution in [2.75, 3.05) is 30.9 Å². The van der Waals surface area contributed by atoms with Crippen LogP contribution in [-0.2, 0) is 4.74 Å². The fourth-order valence-corrected chi connectivity index (χ4v) is 2.31. The number of likely N-dealkylation sites (N-methyl/N-ethyl adjacent to an activating group) is 1. The lowest BCUT2D eigenvalue weighted by Gasteiger charge is -2.27. The van der Waals surface area contributed by atoms with Crippen LogP contribution in [-0.4, -0.2) is 38.7 Å². The number of methoxy groups -OCH3 is 1.